The Kier molecular flexibility index (Phi) is 4.40. The molecule has 2 aromatic carbocycles. The summed E-state index contributed by atoms with van der Waals surface area (Å²) in [6.45, 7) is 0.861. The molecule has 0 aliphatic carbocycles. The van der Waals surface area contributed by atoms with Gasteiger partial charge < -0.3 is 5.32 Å². The van der Waals surface area contributed by atoms with Gasteiger partial charge in [-0.25, -0.2) is 9.07 Å². The van der Waals surface area contributed by atoms with E-state index in [1.54, 1.807) is 28.9 Å². The number of benzene rings is 2. The normalized spacial score (nSPS) is 13.9. The van der Waals surface area contributed by atoms with Gasteiger partial charge in [0, 0.05) is 22.7 Å². The summed E-state index contributed by atoms with van der Waals surface area (Å²) < 4.78 is 15.5. The van der Waals surface area contributed by atoms with Gasteiger partial charge in [-0.15, -0.1) is 0 Å². The minimum Gasteiger partial charge on any atom is -0.370 e. The molecule has 1 N–H and O–H groups in total. The van der Waals surface area contributed by atoms with Crippen molar-refractivity contribution in [2.75, 3.05) is 11.9 Å². The molecule has 1 aliphatic rings. The predicted molar refractivity (Wildman–Crippen MR) is 100 cm³/mol. The summed E-state index contributed by atoms with van der Waals surface area (Å²) in [6, 6.07) is 11.8. The van der Waals surface area contributed by atoms with E-state index in [0.29, 0.717) is 15.7 Å². The SMILES string of the molecule is Fc1cccc(-c2nn(-c3cc(Cl)ccc3Cl)c3c2CCCCN3)c1. The van der Waals surface area contributed by atoms with Crippen LogP contribution in [-0.4, -0.2) is 16.3 Å². The van der Waals surface area contributed by atoms with Crippen LogP contribution in [0.1, 0.15) is 18.4 Å². The van der Waals surface area contributed by atoms with Crippen LogP contribution in [-0.2, 0) is 6.42 Å². The van der Waals surface area contributed by atoms with E-state index in [1.807, 2.05) is 6.07 Å². The molecule has 2 heterocycles. The van der Waals surface area contributed by atoms with Gasteiger partial charge in [-0.05, 0) is 49.6 Å². The summed E-state index contributed by atoms with van der Waals surface area (Å²) in [4.78, 5) is 0. The summed E-state index contributed by atoms with van der Waals surface area (Å²) in [5, 5.41) is 9.36. The summed E-state index contributed by atoms with van der Waals surface area (Å²) in [6.07, 6.45) is 3.00. The number of anilines is 1. The highest BCUT2D eigenvalue weighted by Crippen LogP contribution is 2.36. The smallest absolute Gasteiger partial charge is 0.133 e. The van der Waals surface area contributed by atoms with E-state index in [9.17, 15) is 4.39 Å². The zero-order valence-electron chi connectivity index (χ0n) is 13.4. The average Bonchev–Trinajstić information content (AvgIpc) is 2.78. The van der Waals surface area contributed by atoms with Crippen LogP contribution in [0.15, 0.2) is 42.5 Å². The van der Waals surface area contributed by atoms with Crippen LogP contribution in [0.5, 0.6) is 0 Å². The Bertz CT molecular complexity index is 936. The van der Waals surface area contributed by atoms with Crippen molar-refractivity contribution < 1.29 is 4.39 Å². The molecular weight excluding hydrogens is 360 g/mol. The van der Waals surface area contributed by atoms with Crippen LogP contribution in [0.25, 0.3) is 16.9 Å². The molecular formula is C19H16Cl2FN3. The second kappa shape index (κ2) is 6.70. The van der Waals surface area contributed by atoms with Crippen LogP contribution in [0.3, 0.4) is 0 Å². The fourth-order valence-corrected chi connectivity index (χ4v) is 3.56. The van der Waals surface area contributed by atoms with Crippen LogP contribution in [0.2, 0.25) is 10.0 Å². The maximum absolute atomic E-state index is 13.7. The first kappa shape index (κ1) is 16.4. The molecule has 0 spiro atoms. The predicted octanol–water partition coefficient (Wildman–Crippen LogP) is 5.73. The van der Waals surface area contributed by atoms with Crippen molar-refractivity contribution in [3.05, 3.63) is 63.9 Å². The molecule has 128 valence electrons. The van der Waals surface area contributed by atoms with Gasteiger partial charge in [0.05, 0.1) is 16.4 Å². The van der Waals surface area contributed by atoms with E-state index >= 15 is 0 Å². The highest BCUT2D eigenvalue weighted by molar-refractivity contribution is 6.34. The zero-order chi connectivity index (χ0) is 17.4. The molecule has 0 unspecified atom stereocenters. The Labute approximate surface area is 155 Å². The Balaban J connectivity index is 1.95. The molecule has 0 radical (unpaired) electrons. The van der Waals surface area contributed by atoms with E-state index in [0.717, 1.165) is 48.4 Å². The number of hydrogen-bond acceptors (Lipinski definition) is 2. The van der Waals surface area contributed by atoms with Gasteiger partial charge in [-0.1, -0.05) is 35.3 Å². The van der Waals surface area contributed by atoms with Crippen LogP contribution in [0, 0.1) is 5.82 Å². The Morgan fingerprint density at radius 1 is 1.08 bits per heavy atom. The fourth-order valence-electron chi connectivity index (χ4n) is 3.19. The number of fused-ring (bicyclic) bond motifs is 1. The number of nitrogens with zero attached hydrogens (tertiary/aromatic N) is 2. The van der Waals surface area contributed by atoms with Crippen molar-refractivity contribution in [3.8, 4) is 16.9 Å². The van der Waals surface area contributed by atoms with Gasteiger partial charge >= 0.3 is 0 Å². The van der Waals surface area contributed by atoms with Crippen molar-refractivity contribution in [1.82, 2.24) is 9.78 Å². The molecule has 25 heavy (non-hydrogen) atoms. The van der Waals surface area contributed by atoms with Crippen molar-refractivity contribution in [2.24, 2.45) is 0 Å². The van der Waals surface area contributed by atoms with E-state index in [1.165, 1.54) is 12.1 Å². The number of aromatic nitrogens is 2. The van der Waals surface area contributed by atoms with Crippen molar-refractivity contribution in [1.29, 1.82) is 0 Å². The van der Waals surface area contributed by atoms with Gasteiger partial charge in [0.15, 0.2) is 0 Å². The van der Waals surface area contributed by atoms with E-state index in [4.69, 9.17) is 28.3 Å². The monoisotopic (exact) mass is 375 g/mol. The van der Waals surface area contributed by atoms with Crippen molar-refractivity contribution >= 4 is 29.0 Å². The Morgan fingerprint density at radius 2 is 1.96 bits per heavy atom. The lowest BCUT2D eigenvalue weighted by Gasteiger charge is -2.11. The molecule has 3 nitrogen and oxygen atoms in total. The topological polar surface area (TPSA) is 29.9 Å². The first-order chi connectivity index (χ1) is 12.1. The molecule has 0 saturated carbocycles. The summed E-state index contributed by atoms with van der Waals surface area (Å²) >= 11 is 12.5. The lowest BCUT2D eigenvalue weighted by molar-refractivity contribution is 0.628. The highest BCUT2D eigenvalue weighted by atomic mass is 35.5. The summed E-state index contributed by atoms with van der Waals surface area (Å²) in [5.41, 5.74) is 3.33. The van der Waals surface area contributed by atoms with Gasteiger partial charge in [0.2, 0.25) is 0 Å². The van der Waals surface area contributed by atoms with Gasteiger partial charge in [-0.3, -0.25) is 0 Å². The molecule has 1 aromatic heterocycles. The highest BCUT2D eigenvalue weighted by Gasteiger charge is 2.23. The summed E-state index contributed by atoms with van der Waals surface area (Å²) in [5.74, 6) is 0.629. The quantitative estimate of drug-likeness (QED) is 0.619. The first-order valence-corrected chi connectivity index (χ1v) is 8.96. The first-order valence-electron chi connectivity index (χ1n) is 8.20. The molecule has 4 rings (SSSR count). The number of rotatable bonds is 2. The minimum atomic E-state index is -0.275. The molecule has 0 saturated heterocycles. The Morgan fingerprint density at radius 3 is 2.80 bits per heavy atom. The molecule has 1 aliphatic heterocycles. The van der Waals surface area contributed by atoms with E-state index < -0.39 is 0 Å². The third-order valence-electron chi connectivity index (χ3n) is 4.36. The second-order valence-corrected chi connectivity index (χ2v) is 6.92. The molecule has 0 amide bonds. The molecule has 0 bridgehead atoms. The van der Waals surface area contributed by atoms with E-state index in [2.05, 4.69) is 5.32 Å². The number of hydrogen-bond donors (Lipinski definition) is 1. The third kappa shape index (κ3) is 3.12. The van der Waals surface area contributed by atoms with Crippen LogP contribution < -0.4 is 5.32 Å². The molecule has 3 aromatic rings. The standard InChI is InChI=1S/C19H16Cl2FN3/c20-13-7-8-16(21)17(11-13)25-19-15(6-1-2-9-23-19)18(24-25)12-4-3-5-14(22)10-12/h3-5,7-8,10-11,23H,1-2,6,9H2. The maximum atomic E-state index is 13.7. The fraction of sp³-hybridized carbons (Fsp3) is 0.211. The Hall–Kier alpha value is -2.04. The molecule has 0 atom stereocenters. The van der Waals surface area contributed by atoms with E-state index in [-0.39, 0.29) is 5.82 Å². The molecule has 0 fully saturated rings. The summed E-state index contributed by atoms with van der Waals surface area (Å²) in [7, 11) is 0. The number of halogens is 3. The maximum Gasteiger partial charge on any atom is 0.133 e. The average molecular weight is 376 g/mol. The third-order valence-corrected chi connectivity index (χ3v) is 4.92. The largest absolute Gasteiger partial charge is 0.370 e. The lowest BCUT2D eigenvalue weighted by Crippen LogP contribution is -2.07. The van der Waals surface area contributed by atoms with Crippen LogP contribution >= 0.6 is 23.2 Å². The van der Waals surface area contributed by atoms with Gasteiger partial charge in [0.1, 0.15) is 11.6 Å². The van der Waals surface area contributed by atoms with Gasteiger partial charge in [-0.2, -0.15) is 5.10 Å². The number of nitrogens with one attached hydrogen (secondary N) is 1. The lowest BCUT2D eigenvalue weighted by atomic mass is 10.0. The van der Waals surface area contributed by atoms with Crippen molar-refractivity contribution in [2.45, 2.75) is 19.3 Å². The minimum absolute atomic E-state index is 0.275. The van der Waals surface area contributed by atoms with Gasteiger partial charge in [0.25, 0.3) is 0 Å². The molecule has 6 heteroatoms. The van der Waals surface area contributed by atoms with Crippen LogP contribution in [0.4, 0.5) is 10.2 Å². The zero-order valence-corrected chi connectivity index (χ0v) is 14.9. The second-order valence-electron chi connectivity index (χ2n) is 6.08. The van der Waals surface area contributed by atoms with Crippen molar-refractivity contribution in [3.63, 3.8) is 0 Å².